The lowest BCUT2D eigenvalue weighted by Crippen LogP contribution is -2.50. The van der Waals surface area contributed by atoms with Gasteiger partial charge in [0.1, 0.15) is 5.82 Å². The summed E-state index contributed by atoms with van der Waals surface area (Å²) in [6.07, 6.45) is 8.26. The molecule has 0 bridgehead atoms. The first-order valence-electron chi connectivity index (χ1n) is 11.1. The average molecular weight is 437 g/mol. The standard InChI is InChI=1S/C24H28N4O2S/c29-22(7-6-19-4-3-17-31-19)27-11-8-24(9-12-27)18-20(24)23(30)28-15-13-26(14-16-28)21-5-1-2-10-25-21/h1-7,10,17,20H,8-9,11-16,18H2/b7-6+. The van der Waals surface area contributed by atoms with Crippen LogP contribution in [-0.4, -0.2) is 65.9 Å². The number of hydrogen-bond donors (Lipinski definition) is 0. The Hall–Kier alpha value is -2.67. The Balaban J connectivity index is 1.10. The van der Waals surface area contributed by atoms with E-state index in [9.17, 15) is 9.59 Å². The van der Waals surface area contributed by atoms with E-state index in [0.717, 1.165) is 69.2 Å². The molecule has 2 amide bonds. The highest BCUT2D eigenvalue weighted by atomic mass is 32.1. The maximum atomic E-state index is 13.1. The Kier molecular flexibility index (Phi) is 5.52. The molecule has 1 saturated carbocycles. The highest BCUT2D eigenvalue weighted by molar-refractivity contribution is 7.10. The maximum absolute atomic E-state index is 13.1. The second-order valence-corrected chi connectivity index (χ2v) is 9.77. The molecule has 5 rings (SSSR count). The van der Waals surface area contributed by atoms with Crippen LogP contribution in [0.3, 0.4) is 0 Å². The molecule has 1 unspecified atom stereocenters. The quantitative estimate of drug-likeness (QED) is 0.691. The molecular weight excluding hydrogens is 408 g/mol. The van der Waals surface area contributed by atoms with Crippen molar-refractivity contribution in [3.63, 3.8) is 0 Å². The zero-order valence-corrected chi connectivity index (χ0v) is 18.5. The monoisotopic (exact) mass is 436 g/mol. The van der Waals surface area contributed by atoms with Gasteiger partial charge in [-0.3, -0.25) is 9.59 Å². The van der Waals surface area contributed by atoms with E-state index in [1.165, 1.54) is 0 Å². The van der Waals surface area contributed by atoms with E-state index in [-0.39, 0.29) is 17.2 Å². The lowest BCUT2D eigenvalue weighted by Gasteiger charge is -2.37. The van der Waals surface area contributed by atoms with E-state index in [2.05, 4.69) is 9.88 Å². The van der Waals surface area contributed by atoms with Crippen molar-refractivity contribution in [3.8, 4) is 0 Å². The third kappa shape index (κ3) is 4.24. The van der Waals surface area contributed by atoms with Gasteiger partial charge in [0.05, 0.1) is 0 Å². The van der Waals surface area contributed by atoms with Gasteiger partial charge < -0.3 is 14.7 Å². The lowest BCUT2D eigenvalue weighted by atomic mass is 9.90. The molecule has 4 heterocycles. The fourth-order valence-corrected chi connectivity index (χ4v) is 5.60. The van der Waals surface area contributed by atoms with Crippen molar-refractivity contribution in [2.75, 3.05) is 44.2 Å². The summed E-state index contributed by atoms with van der Waals surface area (Å²) in [4.78, 5) is 37.4. The number of piperidine rings is 1. The van der Waals surface area contributed by atoms with Crippen LogP contribution >= 0.6 is 11.3 Å². The molecule has 31 heavy (non-hydrogen) atoms. The van der Waals surface area contributed by atoms with Gasteiger partial charge in [0.25, 0.3) is 0 Å². The summed E-state index contributed by atoms with van der Waals surface area (Å²) in [5.41, 5.74) is 0.128. The predicted molar refractivity (Wildman–Crippen MR) is 123 cm³/mol. The van der Waals surface area contributed by atoms with Crippen molar-refractivity contribution in [3.05, 3.63) is 52.9 Å². The van der Waals surface area contributed by atoms with Crippen LogP contribution in [0.4, 0.5) is 5.82 Å². The van der Waals surface area contributed by atoms with Gasteiger partial charge in [-0.15, -0.1) is 11.3 Å². The molecule has 2 aromatic heterocycles. The molecule has 1 spiro atoms. The molecule has 7 heteroatoms. The Morgan fingerprint density at radius 3 is 2.48 bits per heavy atom. The Morgan fingerprint density at radius 1 is 1.00 bits per heavy atom. The number of piperazine rings is 1. The van der Waals surface area contributed by atoms with Crippen LogP contribution in [0, 0.1) is 11.3 Å². The number of carbonyl (C=O) groups is 2. The van der Waals surface area contributed by atoms with Gasteiger partial charge in [0, 0.05) is 62.3 Å². The molecule has 0 aromatic carbocycles. The van der Waals surface area contributed by atoms with Gasteiger partial charge in [-0.05, 0) is 54.3 Å². The fraction of sp³-hybridized carbons (Fsp3) is 0.458. The molecule has 2 aliphatic heterocycles. The molecule has 6 nitrogen and oxygen atoms in total. The van der Waals surface area contributed by atoms with Crippen molar-refractivity contribution in [1.82, 2.24) is 14.8 Å². The predicted octanol–water partition coefficient (Wildman–Crippen LogP) is 3.13. The summed E-state index contributed by atoms with van der Waals surface area (Å²) in [5.74, 6) is 1.53. The van der Waals surface area contributed by atoms with Crippen LogP contribution in [0.5, 0.6) is 0 Å². The number of thiophene rings is 1. The molecular formula is C24H28N4O2S. The van der Waals surface area contributed by atoms with Crippen molar-refractivity contribution in [2.45, 2.75) is 19.3 Å². The Labute approximate surface area is 187 Å². The van der Waals surface area contributed by atoms with Crippen molar-refractivity contribution in [1.29, 1.82) is 0 Å². The molecule has 3 aliphatic rings. The number of pyridine rings is 1. The summed E-state index contributed by atoms with van der Waals surface area (Å²) in [6, 6.07) is 9.95. The van der Waals surface area contributed by atoms with Crippen LogP contribution < -0.4 is 4.90 Å². The number of amides is 2. The van der Waals surface area contributed by atoms with Gasteiger partial charge >= 0.3 is 0 Å². The molecule has 1 atom stereocenters. The van der Waals surface area contributed by atoms with E-state index < -0.39 is 0 Å². The zero-order chi connectivity index (χ0) is 21.3. The van der Waals surface area contributed by atoms with E-state index in [0.29, 0.717) is 5.91 Å². The Bertz CT molecular complexity index is 943. The Morgan fingerprint density at radius 2 is 1.81 bits per heavy atom. The number of likely N-dealkylation sites (tertiary alicyclic amines) is 1. The highest BCUT2D eigenvalue weighted by Gasteiger charge is 2.59. The normalized spacial score (nSPS) is 22.8. The first kappa shape index (κ1) is 20.2. The summed E-state index contributed by atoms with van der Waals surface area (Å²) < 4.78 is 0. The second-order valence-electron chi connectivity index (χ2n) is 8.79. The van der Waals surface area contributed by atoms with Crippen molar-refractivity contribution in [2.24, 2.45) is 11.3 Å². The second kappa shape index (κ2) is 8.46. The molecule has 3 fully saturated rings. The summed E-state index contributed by atoms with van der Waals surface area (Å²) >= 11 is 1.63. The molecule has 1 aliphatic carbocycles. The van der Waals surface area contributed by atoms with Crippen molar-refractivity contribution >= 4 is 35.0 Å². The van der Waals surface area contributed by atoms with Gasteiger partial charge in [-0.1, -0.05) is 12.1 Å². The van der Waals surface area contributed by atoms with Crippen LogP contribution in [0.1, 0.15) is 24.1 Å². The first-order valence-corrected chi connectivity index (χ1v) is 12.0. The van der Waals surface area contributed by atoms with E-state index in [1.807, 2.05) is 57.8 Å². The third-order valence-corrected chi connectivity index (χ3v) is 7.89. The minimum atomic E-state index is 0.0809. The first-order chi connectivity index (χ1) is 15.1. The summed E-state index contributed by atoms with van der Waals surface area (Å²) in [5, 5.41) is 2.01. The number of aromatic nitrogens is 1. The third-order valence-electron chi connectivity index (χ3n) is 7.06. The topological polar surface area (TPSA) is 56.8 Å². The number of carbonyl (C=O) groups excluding carboxylic acids is 2. The smallest absolute Gasteiger partial charge is 0.246 e. The van der Waals surface area contributed by atoms with Crippen LogP contribution in [0.15, 0.2) is 48.0 Å². The highest BCUT2D eigenvalue weighted by Crippen LogP contribution is 2.60. The van der Waals surface area contributed by atoms with Gasteiger partial charge in [0.2, 0.25) is 11.8 Å². The van der Waals surface area contributed by atoms with Gasteiger partial charge in [-0.2, -0.15) is 0 Å². The lowest BCUT2D eigenvalue weighted by molar-refractivity contribution is -0.134. The number of anilines is 1. The zero-order valence-electron chi connectivity index (χ0n) is 17.7. The molecule has 2 saturated heterocycles. The van der Waals surface area contributed by atoms with Crippen molar-refractivity contribution < 1.29 is 9.59 Å². The molecule has 162 valence electrons. The van der Waals surface area contributed by atoms with Gasteiger partial charge in [0.15, 0.2) is 0 Å². The molecule has 2 aromatic rings. The number of rotatable bonds is 4. The van der Waals surface area contributed by atoms with Crippen LogP contribution in [0.2, 0.25) is 0 Å². The van der Waals surface area contributed by atoms with E-state index in [1.54, 1.807) is 17.4 Å². The largest absolute Gasteiger partial charge is 0.353 e. The summed E-state index contributed by atoms with van der Waals surface area (Å²) in [7, 11) is 0. The maximum Gasteiger partial charge on any atom is 0.246 e. The average Bonchev–Trinajstić information content (AvgIpc) is 3.25. The number of hydrogen-bond acceptors (Lipinski definition) is 5. The fourth-order valence-electron chi connectivity index (χ4n) is 4.98. The van der Waals surface area contributed by atoms with Gasteiger partial charge in [-0.25, -0.2) is 4.98 Å². The minimum Gasteiger partial charge on any atom is -0.353 e. The van der Waals surface area contributed by atoms with Crippen LogP contribution in [0.25, 0.3) is 6.08 Å². The number of nitrogens with zero attached hydrogens (tertiary/aromatic N) is 4. The SMILES string of the molecule is O=C(/C=C/c1cccs1)N1CCC2(CC1)CC2C(=O)N1CCN(c2ccccn2)CC1. The summed E-state index contributed by atoms with van der Waals surface area (Å²) in [6.45, 7) is 4.71. The van der Waals surface area contributed by atoms with E-state index in [4.69, 9.17) is 0 Å². The minimum absolute atomic E-state index is 0.0809. The van der Waals surface area contributed by atoms with Crippen LogP contribution in [-0.2, 0) is 9.59 Å². The molecule has 0 radical (unpaired) electrons. The van der Waals surface area contributed by atoms with E-state index >= 15 is 0 Å². The molecule has 0 N–H and O–H groups in total.